The van der Waals surface area contributed by atoms with Crippen molar-refractivity contribution in [2.45, 2.75) is 39.3 Å². The monoisotopic (exact) mass is 375 g/mol. The van der Waals surface area contributed by atoms with Crippen LogP contribution in [-0.2, 0) is 13.6 Å². The standard InChI is InChI=1S/C17H25N7O3/c1-10(2)6-8-23-12-13(20-16(23)22-7-4-5-11(18)9-22)21(3)17(27)24(14(12)25)15(19)26/h6,11H,4-5,7-9,18H2,1-3H3,(H2,19,26). The summed E-state index contributed by atoms with van der Waals surface area (Å²) < 4.78 is 3.34. The van der Waals surface area contributed by atoms with Gasteiger partial charge in [0, 0.05) is 32.7 Å². The van der Waals surface area contributed by atoms with Gasteiger partial charge in [-0.1, -0.05) is 11.6 Å². The van der Waals surface area contributed by atoms with Crippen molar-refractivity contribution in [2.24, 2.45) is 18.5 Å². The lowest BCUT2D eigenvalue weighted by atomic mass is 10.1. The van der Waals surface area contributed by atoms with Gasteiger partial charge in [0.05, 0.1) is 0 Å². The molecule has 2 aromatic rings. The van der Waals surface area contributed by atoms with Gasteiger partial charge in [-0.25, -0.2) is 9.59 Å². The normalized spacial score (nSPS) is 17.3. The molecule has 1 unspecified atom stereocenters. The number of allylic oxidation sites excluding steroid dienone is 2. The molecule has 0 saturated carbocycles. The Bertz CT molecular complexity index is 1040. The molecular formula is C17H25N7O3. The largest absolute Gasteiger partial charge is 0.351 e. The summed E-state index contributed by atoms with van der Waals surface area (Å²) in [5, 5.41) is 0. The lowest BCUT2D eigenvalue weighted by molar-refractivity contribution is 0.248. The highest BCUT2D eigenvalue weighted by Crippen LogP contribution is 2.23. The number of fused-ring (bicyclic) bond motifs is 1. The maximum absolute atomic E-state index is 12.9. The summed E-state index contributed by atoms with van der Waals surface area (Å²) in [6.07, 6.45) is 3.79. The van der Waals surface area contributed by atoms with Gasteiger partial charge in [-0.3, -0.25) is 9.36 Å². The Morgan fingerprint density at radius 3 is 2.63 bits per heavy atom. The Morgan fingerprint density at radius 2 is 2.04 bits per heavy atom. The quantitative estimate of drug-likeness (QED) is 0.709. The lowest BCUT2D eigenvalue weighted by Gasteiger charge is -2.31. The van der Waals surface area contributed by atoms with Crippen LogP contribution in [0, 0.1) is 0 Å². The van der Waals surface area contributed by atoms with Crippen molar-refractivity contribution in [3.8, 4) is 0 Å². The number of aromatic nitrogens is 4. The van der Waals surface area contributed by atoms with Crippen molar-refractivity contribution in [3.05, 3.63) is 32.5 Å². The first kappa shape index (κ1) is 18.9. The van der Waals surface area contributed by atoms with Crippen LogP contribution in [0.25, 0.3) is 11.2 Å². The first-order chi connectivity index (χ1) is 12.7. The van der Waals surface area contributed by atoms with E-state index in [0.717, 1.165) is 25.0 Å². The summed E-state index contributed by atoms with van der Waals surface area (Å²) in [4.78, 5) is 43.5. The molecule has 0 aliphatic carbocycles. The van der Waals surface area contributed by atoms with Crippen LogP contribution in [0.2, 0.25) is 0 Å². The van der Waals surface area contributed by atoms with Crippen LogP contribution in [0.1, 0.15) is 26.7 Å². The molecule has 0 spiro atoms. The van der Waals surface area contributed by atoms with Crippen LogP contribution in [0.15, 0.2) is 21.2 Å². The molecule has 10 nitrogen and oxygen atoms in total. The van der Waals surface area contributed by atoms with E-state index in [0.29, 0.717) is 23.6 Å². The topological polar surface area (TPSA) is 134 Å². The molecular weight excluding hydrogens is 350 g/mol. The molecule has 0 aromatic carbocycles. The summed E-state index contributed by atoms with van der Waals surface area (Å²) in [5.41, 5.74) is 11.2. The number of amides is 1. The van der Waals surface area contributed by atoms with Crippen molar-refractivity contribution >= 4 is 23.1 Å². The lowest BCUT2D eigenvalue weighted by Crippen LogP contribution is -2.46. The molecule has 3 rings (SSSR count). The third-order valence-electron chi connectivity index (χ3n) is 4.77. The highest BCUT2D eigenvalue weighted by molar-refractivity contribution is 5.80. The first-order valence-electron chi connectivity index (χ1n) is 8.88. The zero-order valence-electron chi connectivity index (χ0n) is 15.8. The molecule has 146 valence electrons. The molecule has 1 amide bonds. The Morgan fingerprint density at radius 1 is 1.33 bits per heavy atom. The minimum absolute atomic E-state index is 0.0153. The number of nitrogens with two attached hydrogens (primary N) is 2. The number of anilines is 1. The van der Waals surface area contributed by atoms with Gasteiger partial charge in [0.1, 0.15) is 0 Å². The van der Waals surface area contributed by atoms with Gasteiger partial charge in [-0.15, -0.1) is 0 Å². The van der Waals surface area contributed by atoms with Gasteiger partial charge in [0.2, 0.25) is 5.95 Å². The minimum Gasteiger partial charge on any atom is -0.351 e. The molecule has 10 heteroatoms. The third kappa shape index (κ3) is 3.27. The smallest absolute Gasteiger partial charge is 0.340 e. The van der Waals surface area contributed by atoms with E-state index in [4.69, 9.17) is 11.5 Å². The average molecular weight is 375 g/mol. The van der Waals surface area contributed by atoms with E-state index in [-0.39, 0.29) is 17.2 Å². The summed E-state index contributed by atoms with van der Waals surface area (Å²) in [6.45, 7) is 5.64. The predicted molar refractivity (Wildman–Crippen MR) is 103 cm³/mol. The number of primary amides is 1. The van der Waals surface area contributed by atoms with Crippen LogP contribution in [0.4, 0.5) is 10.7 Å². The van der Waals surface area contributed by atoms with Crippen LogP contribution >= 0.6 is 0 Å². The molecule has 1 aliphatic heterocycles. The zero-order chi connectivity index (χ0) is 19.9. The second kappa shape index (κ2) is 7.03. The highest BCUT2D eigenvalue weighted by atomic mass is 16.2. The van der Waals surface area contributed by atoms with Crippen LogP contribution in [-0.4, -0.2) is 43.8 Å². The highest BCUT2D eigenvalue weighted by Gasteiger charge is 2.26. The zero-order valence-corrected chi connectivity index (χ0v) is 15.8. The van der Waals surface area contributed by atoms with E-state index >= 15 is 0 Å². The van der Waals surface area contributed by atoms with Gasteiger partial charge in [0.25, 0.3) is 5.56 Å². The molecule has 4 N–H and O–H groups in total. The third-order valence-corrected chi connectivity index (χ3v) is 4.77. The van der Waals surface area contributed by atoms with Crippen molar-refractivity contribution in [3.63, 3.8) is 0 Å². The molecule has 1 saturated heterocycles. The van der Waals surface area contributed by atoms with E-state index < -0.39 is 17.3 Å². The summed E-state index contributed by atoms with van der Waals surface area (Å²) in [6, 6.07) is -1.10. The molecule has 0 radical (unpaired) electrons. The number of rotatable bonds is 3. The SMILES string of the molecule is CC(C)=CCn1c(N2CCCC(N)C2)nc2c1c(=O)n(C(N)=O)c(=O)n2C. The molecule has 2 aromatic heterocycles. The summed E-state index contributed by atoms with van der Waals surface area (Å²) in [5.74, 6) is 0.562. The van der Waals surface area contributed by atoms with Crippen molar-refractivity contribution in [1.29, 1.82) is 0 Å². The second-order valence-electron chi connectivity index (χ2n) is 7.14. The average Bonchev–Trinajstić information content (AvgIpc) is 2.97. The fraction of sp³-hybridized carbons (Fsp3) is 0.529. The fourth-order valence-electron chi connectivity index (χ4n) is 3.38. The molecule has 3 heterocycles. The molecule has 1 aliphatic rings. The molecule has 1 atom stereocenters. The van der Waals surface area contributed by atoms with Crippen molar-refractivity contribution in [2.75, 3.05) is 18.0 Å². The molecule has 27 heavy (non-hydrogen) atoms. The van der Waals surface area contributed by atoms with Crippen LogP contribution < -0.4 is 27.6 Å². The predicted octanol–water partition coefficient (Wildman–Crippen LogP) is -0.283. The number of hydrogen-bond acceptors (Lipinski definition) is 6. The van der Waals surface area contributed by atoms with E-state index in [1.807, 2.05) is 24.8 Å². The summed E-state index contributed by atoms with van der Waals surface area (Å²) in [7, 11) is 1.47. The van der Waals surface area contributed by atoms with Gasteiger partial charge in [-0.05, 0) is 26.7 Å². The molecule has 0 bridgehead atoms. The van der Waals surface area contributed by atoms with E-state index in [1.165, 1.54) is 11.6 Å². The maximum atomic E-state index is 12.9. The number of nitrogens with zero attached hydrogens (tertiary/aromatic N) is 5. The fourth-order valence-corrected chi connectivity index (χ4v) is 3.38. The number of imidazole rings is 1. The first-order valence-corrected chi connectivity index (χ1v) is 8.88. The Hall–Kier alpha value is -2.88. The Balaban J connectivity index is 2.34. The number of piperidine rings is 1. The minimum atomic E-state index is -1.11. The van der Waals surface area contributed by atoms with Gasteiger partial charge >= 0.3 is 11.7 Å². The maximum Gasteiger partial charge on any atom is 0.340 e. The van der Waals surface area contributed by atoms with Gasteiger partial charge < -0.3 is 20.9 Å². The number of carbonyl (C=O) groups excluding carboxylic acids is 1. The van der Waals surface area contributed by atoms with Gasteiger partial charge in [0.15, 0.2) is 11.2 Å². The van der Waals surface area contributed by atoms with Crippen LogP contribution in [0.5, 0.6) is 0 Å². The molecule has 1 fully saturated rings. The number of carbonyl (C=O) groups is 1. The van der Waals surface area contributed by atoms with Crippen LogP contribution in [0.3, 0.4) is 0 Å². The second-order valence-corrected chi connectivity index (χ2v) is 7.14. The van der Waals surface area contributed by atoms with E-state index in [9.17, 15) is 14.4 Å². The van der Waals surface area contributed by atoms with Crippen molar-refractivity contribution in [1.82, 2.24) is 18.7 Å². The van der Waals surface area contributed by atoms with E-state index in [2.05, 4.69) is 4.98 Å². The Kier molecular flexibility index (Phi) is 4.92. The van der Waals surface area contributed by atoms with Gasteiger partial charge in [-0.2, -0.15) is 9.55 Å². The number of hydrogen-bond donors (Lipinski definition) is 2. The Labute approximate surface area is 155 Å². The van der Waals surface area contributed by atoms with E-state index in [1.54, 1.807) is 4.57 Å². The van der Waals surface area contributed by atoms with Crippen molar-refractivity contribution < 1.29 is 4.79 Å². The number of aryl methyl sites for hydroxylation is 1. The summed E-state index contributed by atoms with van der Waals surface area (Å²) >= 11 is 0.